The van der Waals surface area contributed by atoms with Gasteiger partial charge in [0.25, 0.3) is 0 Å². The van der Waals surface area contributed by atoms with Gasteiger partial charge >= 0.3 is 0 Å². The number of aromatic nitrogens is 1. The normalized spacial score (nSPS) is 13.7. The maximum atomic E-state index is 12.3. The zero-order chi connectivity index (χ0) is 17.2. The molecule has 0 bridgehead atoms. The summed E-state index contributed by atoms with van der Waals surface area (Å²) in [7, 11) is 0. The van der Waals surface area contributed by atoms with Crippen molar-refractivity contribution in [3.8, 4) is 0 Å². The first-order valence-electron chi connectivity index (χ1n) is 8.70. The third kappa shape index (κ3) is 7.05. The minimum atomic E-state index is 0. The van der Waals surface area contributed by atoms with Gasteiger partial charge in [-0.15, -0.1) is 24.0 Å². The number of piperazine rings is 1. The molecule has 2 rings (SSSR count). The van der Waals surface area contributed by atoms with Crippen molar-refractivity contribution in [3.63, 3.8) is 0 Å². The average molecular weight is 460 g/mol. The SMILES string of the molecule is CCNC(=NCCC(=O)N1CCN(c2ccccn2)CC1)NCC.I. The van der Waals surface area contributed by atoms with Gasteiger partial charge in [0.05, 0.1) is 6.54 Å². The summed E-state index contributed by atoms with van der Waals surface area (Å²) in [6, 6.07) is 5.91. The van der Waals surface area contributed by atoms with Crippen molar-refractivity contribution in [2.75, 3.05) is 50.7 Å². The quantitative estimate of drug-likeness (QED) is 0.381. The van der Waals surface area contributed by atoms with Crippen LogP contribution in [-0.2, 0) is 4.79 Å². The predicted molar refractivity (Wildman–Crippen MR) is 113 cm³/mol. The number of amides is 1. The molecule has 0 spiro atoms. The predicted octanol–water partition coefficient (Wildman–Crippen LogP) is 1.31. The molecule has 1 fully saturated rings. The number of guanidine groups is 1. The molecule has 1 amide bonds. The number of hydrogen-bond acceptors (Lipinski definition) is 4. The van der Waals surface area contributed by atoms with Crippen LogP contribution in [0.1, 0.15) is 20.3 Å². The van der Waals surface area contributed by atoms with E-state index in [0.29, 0.717) is 13.0 Å². The topological polar surface area (TPSA) is 72.9 Å². The second-order valence-electron chi connectivity index (χ2n) is 5.60. The number of rotatable bonds is 6. The van der Waals surface area contributed by atoms with Gasteiger partial charge in [-0.1, -0.05) is 6.07 Å². The van der Waals surface area contributed by atoms with Crippen LogP contribution in [0.25, 0.3) is 0 Å². The highest BCUT2D eigenvalue weighted by Gasteiger charge is 2.21. The van der Waals surface area contributed by atoms with Gasteiger partial charge in [-0.25, -0.2) is 4.98 Å². The first-order valence-corrected chi connectivity index (χ1v) is 8.70. The van der Waals surface area contributed by atoms with Crippen molar-refractivity contribution in [3.05, 3.63) is 24.4 Å². The second-order valence-corrected chi connectivity index (χ2v) is 5.60. The van der Waals surface area contributed by atoms with Crippen LogP contribution >= 0.6 is 24.0 Å². The Balaban J connectivity index is 0.00000312. The smallest absolute Gasteiger partial charge is 0.224 e. The molecule has 25 heavy (non-hydrogen) atoms. The third-order valence-corrected chi connectivity index (χ3v) is 3.89. The van der Waals surface area contributed by atoms with Crippen molar-refractivity contribution in [1.82, 2.24) is 20.5 Å². The van der Waals surface area contributed by atoms with E-state index in [2.05, 4.69) is 25.5 Å². The first kappa shape index (κ1) is 21.5. The number of anilines is 1. The fourth-order valence-corrected chi connectivity index (χ4v) is 2.66. The molecule has 2 N–H and O–H groups in total. The van der Waals surface area contributed by atoms with Gasteiger partial charge in [0.2, 0.25) is 5.91 Å². The van der Waals surface area contributed by atoms with E-state index >= 15 is 0 Å². The third-order valence-electron chi connectivity index (χ3n) is 3.89. The summed E-state index contributed by atoms with van der Waals surface area (Å²) < 4.78 is 0. The van der Waals surface area contributed by atoms with Crippen LogP contribution < -0.4 is 15.5 Å². The van der Waals surface area contributed by atoms with Crippen LogP contribution in [0.2, 0.25) is 0 Å². The lowest BCUT2D eigenvalue weighted by Gasteiger charge is -2.35. The minimum absolute atomic E-state index is 0. The first-order chi connectivity index (χ1) is 11.7. The van der Waals surface area contributed by atoms with E-state index in [9.17, 15) is 4.79 Å². The van der Waals surface area contributed by atoms with Crippen LogP contribution in [0.15, 0.2) is 29.4 Å². The van der Waals surface area contributed by atoms with Crippen molar-refractivity contribution in [2.45, 2.75) is 20.3 Å². The molecule has 0 saturated carbocycles. The Bertz CT molecular complexity index is 523. The molecular formula is C17H29IN6O. The molecule has 1 aliphatic heterocycles. The maximum absolute atomic E-state index is 12.3. The lowest BCUT2D eigenvalue weighted by molar-refractivity contribution is -0.131. The largest absolute Gasteiger partial charge is 0.357 e. The monoisotopic (exact) mass is 460 g/mol. The molecule has 0 aromatic carbocycles. The molecule has 2 heterocycles. The van der Waals surface area contributed by atoms with Crippen LogP contribution in [0.5, 0.6) is 0 Å². The number of pyridine rings is 1. The van der Waals surface area contributed by atoms with Gasteiger partial charge in [-0.05, 0) is 26.0 Å². The maximum Gasteiger partial charge on any atom is 0.224 e. The van der Waals surface area contributed by atoms with Gasteiger partial charge in [-0.3, -0.25) is 9.79 Å². The number of hydrogen-bond donors (Lipinski definition) is 2. The minimum Gasteiger partial charge on any atom is -0.357 e. The number of halogens is 1. The Hall–Kier alpha value is -1.58. The number of aliphatic imine (C=N–C) groups is 1. The molecule has 1 aliphatic rings. The zero-order valence-corrected chi connectivity index (χ0v) is 17.4. The Kier molecular flexibility index (Phi) is 10.2. The fraction of sp³-hybridized carbons (Fsp3) is 0.588. The molecule has 0 atom stereocenters. The van der Waals surface area contributed by atoms with E-state index in [1.807, 2.05) is 36.9 Å². The highest BCUT2D eigenvalue weighted by atomic mass is 127. The summed E-state index contributed by atoms with van der Waals surface area (Å²) in [5.41, 5.74) is 0. The summed E-state index contributed by atoms with van der Waals surface area (Å²) in [6.45, 7) is 9.33. The van der Waals surface area contributed by atoms with E-state index < -0.39 is 0 Å². The summed E-state index contributed by atoms with van der Waals surface area (Å²) in [4.78, 5) is 25.3. The number of nitrogens with zero attached hydrogens (tertiary/aromatic N) is 4. The molecule has 0 radical (unpaired) electrons. The second kappa shape index (κ2) is 11.9. The van der Waals surface area contributed by atoms with E-state index in [4.69, 9.17) is 0 Å². The Morgan fingerprint density at radius 1 is 1.16 bits per heavy atom. The number of nitrogens with one attached hydrogen (secondary N) is 2. The molecule has 1 aromatic rings. The Labute approximate surface area is 167 Å². The number of carbonyl (C=O) groups is 1. The molecule has 1 aromatic heterocycles. The summed E-state index contributed by atoms with van der Waals surface area (Å²) in [5, 5.41) is 6.32. The van der Waals surface area contributed by atoms with Gasteiger partial charge in [-0.2, -0.15) is 0 Å². The van der Waals surface area contributed by atoms with Gasteiger partial charge in [0, 0.05) is 51.9 Å². The zero-order valence-electron chi connectivity index (χ0n) is 15.1. The fourth-order valence-electron chi connectivity index (χ4n) is 2.66. The average Bonchev–Trinajstić information content (AvgIpc) is 2.63. The van der Waals surface area contributed by atoms with E-state index in [1.54, 1.807) is 6.20 Å². The molecule has 0 aliphatic carbocycles. The highest BCUT2D eigenvalue weighted by Crippen LogP contribution is 2.12. The summed E-state index contributed by atoms with van der Waals surface area (Å²) in [6.07, 6.45) is 2.25. The summed E-state index contributed by atoms with van der Waals surface area (Å²) in [5.74, 6) is 1.93. The number of carbonyl (C=O) groups excluding carboxylic acids is 1. The van der Waals surface area contributed by atoms with Crippen molar-refractivity contribution in [2.24, 2.45) is 4.99 Å². The van der Waals surface area contributed by atoms with Gasteiger partial charge in [0.15, 0.2) is 5.96 Å². The lowest BCUT2D eigenvalue weighted by atomic mass is 10.2. The van der Waals surface area contributed by atoms with Crippen molar-refractivity contribution < 1.29 is 4.79 Å². The molecule has 8 heteroatoms. The summed E-state index contributed by atoms with van der Waals surface area (Å²) >= 11 is 0. The van der Waals surface area contributed by atoms with Crippen LogP contribution in [0.3, 0.4) is 0 Å². The van der Waals surface area contributed by atoms with Crippen LogP contribution in [-0.4, -0.2) is 67.6 Å². The standard InChI is InChI=1S/C17H28N6O.HI/c1-3-18-17(19-4-2)21-10-8-16(24)23-13-11-22(12-14-23)15-7-5-6-9-20-15;/h5-7,9H,3-4,8,10-14H2,1-2H3,(H2,18,19,21);1H. The van der Waals surface area contributed by atoms with E-state index in [0.717, 1.165) is 51.0 Å². The molecule has 7 nitrogen and oxygen atoms in total. The lowest BCUT2D eigenvalue weighted by Crippen LogP contribution is -2.49. The molecule has 140 valence electrons. The molecule has 0 unspecified atom stereocenters. The van der Waals surface area contributed by atoms with Gasteiger partial charge < -0.3 is 20.4 Å². The highest BCUT2D eigenvalue weighted by molar-refractivity contribution is 14.0. The Morgan fingerprint density at radius 3 is 2.40 bits per heavy atom. The van der Waals surface area contributed by atoms with Crippen LogP contribution in [0.4, 0.5) is 5.82 Å². The molecule has 1 saturated heterocycles. The molecular weight excluding hydrogens is 431 g/mol. The van der Waals surface area contributed by atoms with E-state index in [-0.39, 0.29) is 29.9 Å². The van der Waals surface area contributed by atoms with Crippen molar-refractivity contribution in [1.29, 1.82) is 0 Å². The van der Waals surface area contributed by atoms with Crippen LogP contribution in [0, 0.1) is 0 Å². The Morgan fingerprint density at radius 2 is 1.84 bits per heavy atom. The van der Waals surface area contributed by atoms with E-state index in [1.165, 1.54) is 0 Å². The van der Waals surface area contributed by atoms with Gasteiger partial charge in [0.1, 0.15) is 5.82 Å². The van der Waals surface area contributed by atoms with Crippen molar-refractivity contribution >= 4 is 41.7 Å².